The van der Waals surface area contributed by atoms with Crippen LogP contribution in [0.2, 0.25) is 0 Å². The van der Waals surface area contributed by atoms with Crippen LogP contribution < -0.4 is 4.74 Å². The Morgan fingerprint density at radius 3 is 1.72 bits per heavy atom. The van der Waals surface area contributed by atoms with Crippen LogP contribution in [-0.4, -0.2) is 9.78 Å². The molecule has 1 heterocycles. The van der Waals surface area contributed by atoms with Gasteiger partial charge in [0.05, 0.1) is 11.8 Å². The van der Waals surface area contributed by atoms with E-state index >= 15 is 0 Å². The normalized spacial score (nSPS) is 11.4. The van der Waals surface area contributed by atoms with Gasteiger partial charge in [-0.2, -0.15) is 5.10 Å². The molecule has 5 aromatic rings. The van der Waals surface area contributed by atoms with Gasteiger partial charge in [0.25, 0.3) is 0 Å². The molecule has 0 bridgehead atoms. The van der Waals surface area contributed by atoms with Crippen LogP contribution in [0.25, 0.3) is 10.9 Å². The number of rotatable bonds is 6. The molecule has 1 aromatic heterocycles. The standard InChI is InChI=1S/C28H21IN2O/c1-2-32-24-18-19-26-25(20-24)27(29)30-31(26)28(21-12-6-3-7-13-21,22-14-8-4-9-15-22)23-16-10-5-11-17-23/h2-20H,1H2. The summed E-state index contributed by atoms with van der Waals surface area (Å²) in [5.74, 6) is 0.745. The van der Waals surface area contributed by atoms with E-state index in [-0.39, 0.29) is 0 Å². The fraction of sp³-hybridized carbons (Fsp3) is 0.0357. The van der Waals surface area contributed by atoms with Gasteiger partial charge in [-0.3, -0.25) is 0 Å². The lowest BCUT2D eigenvalue weighted by Gasteiger charge is -2.37. The minimum absolute atomic E-state index is 0.647. The molecule has 0 saturated carbocycles. The maximum Gasteiger partial charge on any atom is 0.138 e. The van der Waals surface area contributed by atoms with Crippen LogP contribution >= 0.6 is 22.6 Å². The van der Waals surface area contributed by atoms with Crippen LogP contribution in [0, 0.1) is 3.70 Å². The zero-order valence-corrected chi connectivity index (χ0v) is 19.5. The van der Waals surface area contributed by atoms with Crippen LogP contribution in [0.3, 0.4) is 0 Å². The lowest BCUT2D eigenvalue weighted by molar-refractivity contribution is 0.472. The van der Waals surface area contributed by atoms with Gasteiger partial charge in [-0.15, -0.1) is 0 Å². The fourth-order valence-corrected chi connectivity index (χ4v) is 5.04. The highest BCUT2D eigenvalue weighted by atomic mass is 127. The third kappa shape index (κ3) is 3.31. The Kier molecular flexibility index (Phi) is 5.53. The molecule has 3 nitrogen and oxygen atoms in total. The van der Waals surface area contributed by atoms with E-state index in [9.17, 15) is 0 Å². The summed E-state index contributed by atoms with van der Waals surface area (Å²) in [6, 6.07) is 37.8. The van der Waals surface area contributed by atoms with E-state index in [2.05, 4.69) is 113 Å². The smallest absolute Gasteiger partial charge is 0.138 e. The Hall–Kier alpha value is -3.38. The van der Waals surface area contributed by atoms with E-state index in [1.54, 1.807) is 0 Å². The first-order valence-electron chi connectivity index (χ1n) is 10.4. The molecule has 156 valence electrons. The van der Waals surface area contributed by atoms with Crippen LogP contribution in [-0.2, 0) is 5.54 Å². The monoisotopic (exact) mass is 528 g/mol. The predicted octanol–water partition coefficient (Wildman–Crippen LogP) is 7.00. The Balaban J connectivity index is 1.93. The molecule has 0 amide bonds. The summed E-state index contributed by atoms with van der Waals surface area (Å²) in [7, 11) is 0. The van der Waals surface area contributed by atoms with Gasteiger partial charge in [-0.05, 0) is 57.5 Å². The summed E-state index contributed by atoms with van der Waals surface area (Å²) in [5.41, 5.74) is 3.81. The van der Waals surface area contributed by atoms with Crippen molar-refractivity contribution in [1.29, 1.82) is 0 Å². The van der Waals surface area contributed by atoms with Crippen molar-refractivity contribution in [2.75, 3.05) is 0 Å². The zero-order valence-electron chi connectivity index (χ0n) is 17.4. The van der Waals surface area contributed by atoms with Crippen molar-refractivity contribution in [3.05, 3.63) is 142 Å². The molecule has 5 rings (SSSR count). The molecular formula is C28H21IN2O. The quantitative estimate of drug-likeness (QED) is 0.135. The van der Waals surface area contributed by atoms with E-state index in [0.717, 1.165) is 37.0 Å². The van der Waals surface area contributed by atoms with Gasteiger partial charge in [0, 0.05) is 5.39 Å². The SMILES string of the molecule is C=COc1ccc2c(c1)c(I)nn2C(c1ccccc1)(c1ccccc1)c1ccccc1. The summed E-state index contributed by atoms with van der Waals surface area (Å²) in [4.78, 5) is 0. The maximum absolute atomic E-state index is 5.54. The topological polar surface area (TPSA) is 27.1 Å². The zero-order chi connectivity index (χ0) is 22.0. The number of nitrogens with zero attached hydrogens (tertiary/aromatic N) is 2. The molecular weight excluding hydrogens is 507 g/mol. The average molecular weight is 528 g/mol. The Morgan fingerprint density at radius 2 is 1.25 bits per heavy atom. The largest absolute Gasteiger partial charge is 0.466 e. The number of hydrogen-bond donors (Lipinski definition) is 0. The number of hydrogen-bond acceptors (Lipinski definition) is 2. The fourth-order valence-electron chi connectivity index (χ4n) is 4.39. The highest BCUT2D eigenvalue weighted by molar-refractivity contribution is 14.1. The van der Waals surface area contributed by atoms with Crippen molar-refractivity contribution in [2.45, 2.75) is 5.54 Å². The van der Waals surface area contributed by atoms with Gasteiger partial charge in [0.2, 0.25) is 0 Å². The summed E-state index contributed by atoms with van der Waals surface area (Å²) < 4.78 is 8.61. The average Bonchev–Trinajstić information content (AvgIpc) is 3.18. The molecule has 32 heavy (non-hydrogen) atoms. The Morgan fingerprint density at radius 1 is 0.750 bits per heavy atom. The second-order valence-corrected chi connectivity index (χ2v) is 8.50. The van der Waals surface area contributed by atoms with E-state index in [1.807, 2.05) is 30.3 Å². The van der Waals surface area contributed by atoms with E-state index in [4.69, 9.17) is 9.84 Å². The summed E-state index contributed by atoms with van der Waals surface area (Å²) in [6.07, 6.45) is 1.45. The van der Waals surface area contributed by atoms with Gasteiger partial charge in [0.15, 0.2) is 0 Å². The molecule has 0 fully saturated rings. The van der Waals surface area contributed by atoms with Gasteiger partial charge in [-0.25, -0.2) is 4.68 Å². The molecule has 0 saturated heterocycles. The Bertz CT molecular complexity index is 1270. The minimum atomic E-state index is -0.647. The molecule has 0 aliphatic rings. The molecule has 0 aliphatic carbocycles. The number of fused-ring (bicyclic) bond motifs is 1. The predicted molar refractivity (Wildman–Crippen MR) is 138 cm³/mol. The molecule has 4 aromatic carbocycles. The van der Waals surface area contributed by atoms with Crippen LogP contribution in [0.1, 0.15) is 16.7 Å². The summed E-state index contributed by atoms with van der Waals surface area (Å²) in [6.45, 7) is 3.68. The lowest BCUT2D eigenvalue weighted by Crippen LogP contribution is -2.38. The first-order chi connectivity index (χ1) is 15.7. The second-order valence-electron chi connectivity index (χ2n) is 7.47. The minimum Gasteiger partial charge on any atom is -0.466 e. The van der Waals surface area contributed by atoms with Gasteiger partial charge in [0.1, 0.15) is 15.0 Å². The third-order valence-corrected chi connectivity index (χ3v) is 6.51. The molecule has 0 unspecified atom stereocenters. The molecule has 0 spiro atoms. The number of benzene rings is 4. The molecule has 0 N–H and O–H groups in total. The molecule has 4 heteroatoms. The van der Waals surface area contributed by atoms with Crippen molar-refractivity contribution >= 4 is 33.5 Å². The maximum atomic E-state index is 5.54. The number of aromatic nitrogens is 2. The van der Waals surface area contributed by atoms with Crippen LogP contribution in [0.4, 0.5) is 0 Å². The van der Waals surface area contributed by atoms with Crippen LogP contribution in [0.15, 0.2) is 122 Å². The first kappa shape index (κ1) is 20.5. The molecule has 0 aliphatic heterocycles. The lowest BCUT2D eigenvalue weighted by atomic mass is 9.77. The Labute approximate surface area is 201 Å². The molecule has 0 radical (unpaired) electrons. The van der Waals surface area contributed by atoms with Crippen molar-refractivity contribution < 1.29 is 4.74 Å². The first-order valence-corrected chi connectivity index (χ1v) is 11.5. The van der Waals surface area contributed by atoms with Crippen molar-refractivity contribution in [3.63, 3.8) is 0 Å². The third-order valence-electron chi connectivity index (χ3n) is 5.72. The highest BCUT2D eigenvalue weighted by Crippen LogP contribution is 2.43. The van der Waals surface area contributed by atoms with Crippen molar-refractivity contribution in [2.24, 2.45) is 0 Å². The van der Waals surface area contributed by atoms with E-state index in [0.29, 0.717) is 0 Å². The summed E-state index contributed by atoms with van der Waals surface area (Å²) in [5, 5.41) is 6.15. The molecule has 0 atom stereocenters. The summed E-state index contributed by atoms with van der Waals surface area (Å²) >= 11 is 2.31. The van der Waals surface area contributed by atoms with Crippen molar-refractivity contribution in [3.8, 4) is 5.75 Å². The van der Waals surface area contributed by atoms with Crippen LogP contribution in [0.5, 0.6) is 5.75 Å². The number of halogens is 1. The highest BCUT2D eigenvalue weighted by Gasteiger charge is 2.40. The second kappa shape index (κ2) is 8.63. The van der Waals surface area contributed by atoms with E-state index in [1.165, 1.54) is 6.26 Å². The van der Waals surface area contributed by atoms with Gasteiger partial charge in [-0.1, -0.05) is 97.6 Å². The van der Waals surface area contributed by atoms with Crippen molar-refractivity contribution in [1.82, 2.24) is 9.78 Å². The van der Waals surface area contributed by atoms with Gasteiger partial charge < -0.3 is 4.74 Å². The van der Waals surface area contributed by atoms with E-state index < -0.39 is 5.54 Å². The van der Waals surface area contributed by atoms with Gasteiger partial charge >= 0.3 is 0 Å². The number of ether oxygens (including phenoxy) is 1.